The van der Waals surface area contributed by atoms with E-state index in [1.807, 2.05) is 60.7 Å². The summed E-state index contributed by atoms with van der Waals surface area (Å²) in [5.74, 6) is -0.0175. The Balaban J connectivity index is 1.41. The fourth-order valence-corrected chi connectivity index (χ4v) is 2.82. The van der Waals surface area contributed by atoms with Gasteiger partial charge in [-0.25, -0.2) is 10.1 Å². The van der Waals surface area contributed by atoms with Gasteiger partial charge in [0.2, 0.25) is 5.82 Å². The maximum absolute atomic E-state index is 12.6. The number of aromatic nitrogens is 6. The van der Waals surface area contributed by atoms with Crippen molar-refractivity contribution in [3.05, 3.63) is 82.3 Å². The van der Waals surface area contributed by atoms with Crippen molar-refractivity contribution in [1.29, 1.82) is 0 Å². The quantitative estimate of drug-likeness (QED) is 0.371. The maximum Gasteiger partial charge on any atom is 0.280 e. The molecule has 0 saturated carbocycles. The molecule has 2 aromatic heterocycles. The number of para-hydroxylation sites is 1. The number of hydrogen-bond donors (Lipinski definition) is 2. The van der Waals surface area contributed by atoms with E-state index in [0.29, 0.717) is 22.8 Å². The van der Waals surface area contributed by atoms with Crippen LogP contribution in [0.1, 0.15) is 11.3 Å². The lowest BCUT2D eigenvalue weighted by molar-refractivity contribution is -0.122. The second kappa shape index (κ2) is 8.35. The van der Waals surface area contributed by atoms with Crippen LogP contribution in [0.4, 0.5) is 0 Å². The highest BCUT2D eigenvalue weighted by Crippen LogP contribution is 2.11. The second-order valence-electron chi connectivity index (χ2n) is 6.43. The first-order valence-corrected chi connectivity index (χ1v) is 9.14. The zero-order valence-electron chi connectivity index (χ0n) is 16.1. The maximum atomic E-state index is 12.6. The molecule has 0 radical (unpaired) electrons. The molecule has 0 bridgehead atoms. The van der Waals surface area contributed by atoms with Crippen LogP contribution in [0.2, 0.25) is 0 Å². The number of rotatable bonds is 6. The van der Waals surface area contributed by atoms with E-state index in [4.69, 9.17) is 0 Å². The largest absolute Gasteiger partial charge is 0.295 e. The minimum Gasteiger partial charge on any atom is -0.295 e. The lowest BCUT2D eigenvalue weighted by Gasteiger charge is -1.99. The molecule has 2 aromatic carbocycles. The lowest BCUT2D eigenvalue weighted by Crippen LogP contribution is -2.25. The van der Waals surface area contributed by atoms with Gasteiger partial charge >= 0.3 is 0 Å². The molecule has 0 aliphatic rings. The fourth-order valence-electron chi connectivity index (χ4n) is 2.82. The van der Waals surface area contributed by atoms with Crippen molar-refractivity contribution < 1.29 is 4.79 Å². The molecule has 2 heterocycles. The number of aryl methyl sites for hydroxylation is 1. The number of benzene rings is 2. The molecule has 30 heavy (non-hydrogen) atoms. The summed E-state index contributed by atoms with van der Waals surface area (Å²) in [7, 11) is 0. The summed E-state index contributed by atoms with van der Waals surface area (Å²) in [4.78, 5) is 25.9. The molecule has 4 rings (SSSR count). The van der Waals surface area contributed by atoms with Crippen molar-refractivity contribution >= 4 is 12.1 Å². The van der Waals surface area contributed by atoms with Crippen molar-refractivity contribution in [3.8, 4) is 17.1 Å². The number of hydrogen-bond acceptors (Lipinski definition) is 6. The van der Waals surface area contributed by atoms with Gasteiger partial charge in [0.05, 0.1) is 17.5 Å². The van der Waals surface area contributed by atoms with Gasteiger partial charge in [0.15, 0.2) is 0 Å². The summed E-state index contributed by atoms with van der Waals surface area (Å²) in [6.45, 7) is 1.60. The Morgan fingerprint density at radius 2 is 1.83 bits per heavy atom. The van der Waals surface area contributed by atoms with Crippen LogP contribution in [-0.2, 0) is 11.3 Å². The predicted molar refractivity (Wildman–Crippen MR) is 110 cm³/mol. The number of H-pyrrole nitrogens is 1. The van der Waals surface area contributed by atoms with E-state index >= 15 is 0 Å². The molecule has 0 spiro atoms. The van der Waals surface area contributed by atoms with Gasteiger partial charge in [0.1, 0.15) is 6.54 Å². The highest BCUT2D eigenvalue weighted by molar-refractivity contribution is 5.83. The van der Waals surface area contributed by atoms with E-state index in [0.717, 1.165) is 5.56 Å². The van der Waals surface area contributed by atoms with Gasteiger partial charge in [0, 0.05) is 11.3 Å². The van der Waals surface area contributed by atoms with Crippen LogP contribution in [-0.4, -0.2) is 42.1 Å². The van der Waals surface area contributed by atoms with Crippen molar-refractivity contribution in [3.63, 3.8) is 0 Å². The normalized spacial score (nSPS) is 11.1. The number of carbonyl (C=O) groups is 1. The van der Waals surface area contributed by atoms with E-state index in [1.54, 1.807) is 6.92 Å². The summed E-state index contributed by atoms with van der Waals surface area (Å²) in [5.41, 5.74) is 4.61. The highest BCUT2D eigenvalue weighted by Gasteiger charge is 2.11. The summed E-state index contributed by atoms with van der Waals surface area (Å²) < 4.78 is 1.42. The SMILES string of the molecule is Cc1[nH]n(-c2ccccc2)c(=O)c1/C=N/NC(=O)Cn1nnc(-c2ccccc2)n1. The van der Waals surface area contributed by atoms with E-state index in [9.17, 15) is 9.59 Å². The van der Waals surface area contributed by atoms with Crippen LogP contribution in [0.3, 0.4) is 0 Å². The third kappa shape index (κ3) is 4.07. The molecule has 10 nitrogen and oxygen atoms in total. The molecule has 150 valence electrons. The summed E-state index contributed by atoms with van der Waals surface area (Å²) in [5, 5.41) is 18.9. The Labute approximate surface area is 170 Å². The first-order valence-electron chi connectivity index (χ1n) is 9.14. The van der Waals surface area contributed by atoms with Crippen molar-refractivity contribution in [2.45, 2.75) is 13.5 Å². The zero-order chi connectivity index (χ0) is 20.9. The van der Waals surface area contributed by atoms with E-state index in [-0.39, 0.29) is 12.1 Å². The van der Waals surface area contributed by atoms with Crippen molar-refractivity contribution in [2.75, 3.05) is 0 Å². The first kappa shape index (κ1) is 19.0. The van der Waals surface area contributed by atoms with Crippen molar-refractivity contribution in [1.82, 2.24) is 35.4 Å². The molecule has 2 N–H and O–H groups in total. The molecule has 0 aliphatic carbocycles. The molecule has 1 amide bonds. The third-order valence-electron chi connectivity index (χ3n) is 4.28. The molecule has 0 atom stereocenters. The van der Waals surface area contributed by atoms with E-state index < -0.39 is 5.91 Å². The van der Waals surface area contributed by atoms with Crippen LogP contribution in [0.5, 0.6) is 0 Å². The highest BCUT2D eigenvalue weighted by atomic mass is 16.2. The number of tetrazole rings is 1. The molecule has 0 aliphatic heterocycles. The molecule has 10 heteroatoms. The molecule has 0 saturated heterocycles. The van der Waals surface area contributed by atoms with Crippen molar-refractivity contribution in [2.24, 2.45) is 5.10 Å². The van der Waals surface area contributed by atoms with Crippen LogP contribution in [0, 0.1) is 6.92 Å². The first-order chi connectivity index (χ1) is 14.6. The molecule has 4 aromatic rings. The smallest absolute Gasteiger partial charge is 0.280 e. The van der Waals surface area contributed by atoms with Gasteiger partial charge in [-0.15, -0.1) is 10.2 Å². The minimum atomic E-state index is -0.445. The Morgan fingerprint density at radius 1 is 1.13 bits per heavy atom. The van der Waals surface area contributed by atoms with E-state index in [2.05, 4.69) is 31.0 Å². The Hall–Kier alpha value is -4.34. The number of aromatic amines is 1. The number of nitrogens with zero attached hydrogens (tertiary/aromatic N) is 6. The second-order valence-corrected chi connectivity index (χ2v) is 6.43. The Morgan fingerprint density at radius 3 is 2.57 bits per heavy atom. The number of nitrogens with one attached hydrogen (secondary N) is 2. The summed E-state index contributed by atoms with van der Waals surface area (Å²) >= 11 is 0. The number of carbonyl (C=O) groups excluding carboxylic acids is 1. The summed E-state index contributed by atoms with van der Waals surface area (Å²) in [6, 6.07) is 18.5. The third-order valence-corrected chi connectivity index (χ3v) is 4.28. The van der Waals surface area contributed by atoms with Crippen LogP contribution in [0.15, 0.2) is 70.6 Å². The number of amides is 1. The van der Waals surface area contributed by atoms with Gasteiger partial charge in [0.25, 0.3) is 11.5 Å². The summed E-state index contributed by atoms with van der Waals surface area (Å²) in [6.07, 6.45) is 1.32. The van der Waals surface area contributed by atoms with Gasteiger partial charge in [-0.2, -0.15) is 9.90 Å². The van der Waals surface area contributed by atoms with Gasteiger partial charge in [-0.05, 0) is 24.3 Å². The fraction of sp³-hybridized carbons (Fsp3) is 0.100. The van der Waals surface area contributed by atoms with Gasteiger partial charge < -0.3 is 0 Å². The topological polar surface area (TPSA) is 123 Å². The standard InChI is InChI=1S/C20H18N8O2/c1-14-17(20(30)28(24-14)16-10-6-3-7-11-16)12-21-22-18(29)13-27-25-19(23-26-27)15-8-4-2-5-9-15/h2-12,24H,13H2,1H3,(H,22,29)/b21-12+. The van der Waals surface area contributed by atoms with E-state index in [1.165, 1.54) is 15.7 Å². The Bertz CT molecular complexity index is 1240. The van der Waals surface area contributed by atoms with Crippen LogP contribution >= 0.6 is 0 Å². The Kier molecular flexibility index (Phi) is 5.29. The average Bonchev–Trinajstić information content (AvgIpc) is 3.34. The molecule has 0 fully saturated rings. The predicted octanol–water partition coefficient (Wildman–Crippen LogP) is 1.28. The van der Waals surface area contributed by atoms with Gasteiger partial charge in [-0.3, -0.25) is 14.7 Å². The lowest BCUT2D eigenvalue weighted by atomic mass is 10.2. The van der Waals surface area contributed by atoms with Crippen LogP contribution in [0.25, 0.3) is 17.1 Å². The average molecular weight is 402 g/mol. The molecule has 0 unspecified atom stereocenters. The molecular weight excluding hydrogens is 384 g/mol. The van der Waals surface area contributed by atoms with Gasteiger partial charge in [-0.1, -0.05) is 48.5 Å². The minimum absolute atomic E-state index is 0.155. The zero-order valence-corrected chi connectivity index (χ0v) is 16.1. The number of hydrazone groups is 1. The monoisotopic (exact) mass is 402 g/mol. The molecular formula is C20H18N8O2. The van der Waals surface area contributed by atoms with Crippen LogP contribution < -0.4 is 11.0 Å².